The second-order valence-corrected chi connectivity index (χ2v) is 5.66. The first-order chi connectivity index (χ1) is 7.83. The van der Waals surface area contributed by atoms with Gasteiger partial charge in [0.2, 0.25) is 0 Å². The average Bonchev–Trinajstić information content (AvgIpc) is 2.28. The number of hydrogen-bond acceptors (Lipinski definition) is 2. The highest BCUT2D eigenvalue weighted by molar-refractivity contribution is 6.33. The third kappa shape index (κ3) is 2.93. The van der Waals surface area contributed by atoms with Crippen LogP contribution in [0.5, 0.6) is 5.75 Å². The Bertz CT molecular complexity index is 397. The molecule has 0 spiro atoms. The van der Waals surface area contributed by atoms with Crippen molar-refractivity contribution in [1.82, 2.24) is 0 Å². The van der Waals surface area contributed by atoms with E-state index in [0.29, 0.717) is 16.7 Å². The maximum Gasteiger partial charge on any atom is 0.138 e. The Morgan fingerprint density at radius 2 is 1.94 bits per heavy atom. The maximum atomic E-state index is 9.47. The molecule has 0 fully saturated rings. The number of rotatable bonds is 4. The van der Waals surface area contributed by atoms with E-state index in [9.17, 15) is 5.11 Å². The first kappa shape index (κ1) is 14.3. The minimum atomic E-state index is -0.366. The molecule has 0 saturated heterocycles. The monoisotopic (exact) mass is 256 g/mol. The van der Waals surface area contributed by atoms with E-state index in [4.69, 9.17) is 16.3 Å². The Morgan fingerprint density at radius 1 is 1.35 bits per heavy atom. The molecule has 0 saturated carbocycles. The maximum absolute atomic E-state index is 9.47. The van der Waals surface area contributed by atoms with Gasteiger partial charge < -0.3 is 9.84 Å². The normalized spacial score (nSPS) is 12.0. The van der Waals surface area contributed by atoms with Crippen LogP contribution in [-0.2, 0) is 5.41 Å². The standard InChI is InChI=1S/C14H21ClO2/c1-9(2)10-6-11(14(3,4)8-16)13(15)12(7-10)17-5/h6-7,9,16H,8H2,1-5H3. The number of methoxy groups -OCH3 is 1. The lowest BCUT2D eigenvalue weighted by Gasteiger charge is -2.26. The van der Waals surface area contributed by atoms with Crippen molar-refractivity contribution < 1.29 is 9.84 Å². The highest BCUT2D eigenvalue weighted by Gasteiger charge is 2.25. The van der Waals surface area contributed by atoms with Crippen LogP contribution in [0.3, 0.4) is 0 Å². The Hall–Kier alpha value is -0.730. The minimum Gasteiger partial charge on any atom is -0.495 e. The summed E-state index contributed by atoms with van der Waals surface area (Å²) in [5, 5.41) is 10.1. The van der Waals surface area contributed by atoms with Gasteiger partial charge in [-0.3, -0.25) is 0 Å². The molecular formula is C14H21ClO2. The van der Waals surface area contributed by atoms with E-state index >= 15 is 0 Å². The molecule has 96 valence electrons. The molecule has 1 N–H and O–H groups in total. The highest BCUT2D eigenvalue weighted by atomic mass is 35.5. The summed E-state index contributed by atoms with van der Waals surface area (Å²) >= 11 is 6.31. The molecule has 0 aliphatic rings. The highest BCUT2D eigenvalue weighted by Crippen LogP contribution is 2.38. The first-order valence-electron chi connectivity index (χ1n) is 5.82. The van der Waals surface area contributed by atoms with Crippen molar-refractivity contribution in [2.24, 2.45) is 0 Å². The fraction of sp³-hybridized carbons (Fsp3) is 0.571. The van der Waals surface area contributed by atoms with Gasteiger partial charge in [-0.25, -0.2) is 0 Å². The average molecular weight is 257 g/mol. The van der Waals surface area contributed by atoms with Crippen LogP contribution in [0.1, 0.15) is 44.7 Å². The van der Waals surface area contributed by atoms with Gasteiger partial charge in [0.05, 0.1) is 18.7 Å². The SMILES string of the molecule is COc1cc(C(C)C)cc(C(C)(C)CO)c1Cl. The molecule has 0 aliphatic carbocycles. The first-order valence-corrected chi connectivity index (χ1v) is 6.20. The van der Waals surface area contributed by atoms with Gasteiger partial charge in [0, 0.05) is 5.41 Å². The van der Waals surface area contributed by atoms with Gasteiger partial charge >= 0.3 is 0 Å². The zero-order chi connectivity index (χ0) is 13.2. The fourth-order valence-electron chi connectivity index (χ4n) is 1.68. The Balaban J connectivity index is 3.43. The molecule has 0 aromatic heterocycles. The molecule has 1 aromatic carbocycles. The second kappa shape index (κ2) is 5.28. The van der Waals surface area contributed by atoms with Crippen molar-refractivity contribution in [3.8, 4) is 5.75 Å². The summed E-state index contributed by atoms with van der Waals surface area (Å²) < 4.78 is 5.30. The van der Waals surface area contributed by atoms with Crippen LogP contribution in [0, 0.1) is 0 Å². The van der Waals surface area contributed by atoms with E-state index < -0.39 is 0 Å². The summed E-state index contributed by atoms with van der Waals surface area (Å²) in [6, 6.07) is 4.02. The quantitative estimate of drug-likeness (QED) is 0.889. The lowest BCUT2D eigenvalue weighted by atomic mass is 9.83. The smallest absolute Gasteiger partial charge is 0.138 e. The summed E-state index contributed by atoms with van der Waals surface area (Å²) in [5.74, 6) is 1.07. The Morgan fingerprint density at radius 3 is 2.35 bits per heavy atom. The summed E-state index contributed by atoms with van der Waals surface area (Å²) in [5.41, 5.74) is 1.74. The summed E-state index contributed by atoms with van der Waals surface area (Å²) in [6.45, 7) is 8.24. The molecule has 0 heterocycles. The Labute approximate surface area is 109 Å². The van der Waals surface area contributed by atoms with Crippen molar-refractivity contribution in [3.05, 3.63) is 28.3 Å². The van der Waals surface area contributed by atoms with E-state index in [1.807, 2.05) is 19.9 Å². The molecule has 0 unspecified atom stereocenters. The molecule has 1 aromatic rings. The summed E-state index contributed by atoms with van der Waals surface area (Å²) in [4.78, 5) is 0. The van der Waals surface area contributed by atoms with Crippen molar-refractivity contribution >= 4 is 11.6 Å². The molecule has 2 nitrogen and oxygen atoms in total. The van der Waals surface area contributed by atoms with Gasteiger partial charge in [-0.15, -0.1) is 0 Å². The van der Waals surface area contributed by atoms with E-state index in [-0.39, 0.29) is 12.0 Å². The third-order valence-corrected chi connectivity index (χ3v) is 3.46. The topological polar surface area (TPSA) is 29.5 Å². The molecule has 17 heavy (non-hydrogen) atoms. The molecule has 0 radical (unpaired) electrons. The van der Waals surface area contributed by atoms with E-state index in [1.54, 1.807) is 7.11 Å². The van der Waals surface area contributed by atoms with Crippen molar-refractivity contribution in [1.29, 1.82) is 0 Å². The number of benzene rings is 1. The largest absolute Gasteiger partial charge is 0.495 e. The Kier molecular flexibility index (Phi) is 4.45. The number of halogens is 1. The summed E-state index contributed by atoms with van der Waals surface area (Å²) in [7, 11) is 1.61. The predicted octanol–water partition coefficient (Wildman–Crippen LogP) is 3.74. The predicted molar refractivity (Wildman–Crippen MR) is 72.2 cm³/mol. The molecule has 1 rings (SSSR count). The zero-order valence-corrected chi connectivity index (χ0v) is 11.9. The lowest BCUT2D eigenvalue weighted by Crippen LogP contribution is -2.23. The van der Waals surface area contributed by atoms with E-state index in [2.05, 4.69) is 19.9 Å². The van der Waals surface area contributed by atoms with Crippen LogP contribution >= 0.6 is 11.6 Å². The van der Waals surface area contributed by atoms with Gasteiger partial charge in [-0.1, -0.05) is 45.4 Å². The van der Waals surface area contributed by atoms with Gasteiger partial charge in [0.25, 0.3) is 0 Å². The van der Waals surface area contributed by atoms with Crippen molar-refractivity contribution in [3.63, 3.8) is 0 Å². The van der Waals surface area contributed by atoms with E-state index in [0.717, 1.165) is 5.56 Å². The van der Waals surface area contributed by atoms with Gasteiger partial charge in [0.1, 0.15) is 5.75 Å². The number of aliphatic hydroxyl groups excluding tert-OH is 1. The summed E-state index contributed by atoms with van der Waals surface area (Å²) in [6.07, 6.45) is 0. The van der Waals surface area contributed by atoms with Crippen LogP contribution in [-0.4, -0.2) is 18.8 Å². The third-order valence-electron chi connectivity index (χ3n) is 3.07. The molecule has 3 heteroatoms. The number of ether oxygens (including phenoxy) is 1. The van der Waals surface area contributed by atoms with Gasteiger partial charge in [0.15, 0.2) is 0 Å². The van der Waals surface area contributed by atoms with E-state index in [1.165, 1.54) is 5.56 Å². The van der Waals surface area contributed by atoms with Gasteiger partial charge in [-0.05, 0) is 23.1 Å². The molecular weight excluding hydrogens is 236 g/mol. The molecule has 0 atom stereocenters. The van der Waals surface area contributed by atoms with Crippen molar-refractivity contribution in [2.45, 2.75) is 39.0 Å². The zero-order valence-electron chi connectivity index (χ0n) is 11.2. The lowest BCUT2D eigenvalue weighted by molar-refractivity contribution is 0.218. The fourth-order valence-corrected chi connectivity index (χ4v) is 2.12. The number of aliphatic hydroxyl groups is 1. The number of hydrogen-bond donors (Lipinski definition) is 1. The second-order valence-electron chi connectivity index (χ2n) is 5.28. The van der Waals surface area contributed by atoms with Gasteiger partial charge in [-0.2, -0.15) is 0 Å². The van der Waals surface area contributed by atoms with Crippen LogP contribution in [0.4, 0.5) is 0 Å². The molecule has 0 amide bonds. The van der Waals surface area contributed by atoms with Crippen molar-refractivity contribution in [2.75, 3.05) is 13.7 Å². The molecule has 0 bridgehead atoms. The van der Waals surface area contributed by atoms with Crippen LogP contribution in [0.15, 0.2) is 12.1 Å². The van der Waals surface area contributed by atoms with Crippen LogP contribution in [0.2, 0.25) is 5.02 Å². The van der Waals surface area contributed by atoms with Crippen LogP contribution in [0.25, 0.3) is 0 Å². The molecule has 0 aliphatic heterocycles. The van der Waals surface area contributed by atoms with Crippen LogP contribution < -0.4 is 4.74 Å². The minimum absolute atomic E-state index is 0.0530.